The lowest BCUT2D eigenvalue weighted by Crippen LogP contribution is -2.31. The number of hydrogen-bond donors (Lipinski definition) is 1. The summed E-state index contributed by atoms with van der Waals surface area (Å²) in [4.78, 5) is 11.1. The van der Waals surface area contributed by atoms with Gasteiger partial charge in [-0.15, -0.1) is 0 Å². The van der Waals surface area contributed by atoms with Gasteiger partial charge in [0.05, 0.1) is 19.1 Å². The van der Waals surface area contributed by atoms with Crippen LogP contribution < -0.4 is 5.73 Å². The Morgan fingerprint density at radius 2 is 1.94 bits per heavy atom. The quantitative estimate of drug-likeness (QED) is 0.735. The summed E-state index contributed by atoms with van der Waals surface area (Å²) in [6.45, 7) is 5.01. The Bertz CT molecular complexity index is 335. The van der Waals surface area contributed by atoms with E-state index in [1.807, 2.05) is 32.0 Å². The molecule has 3 heteroatoms. The molecule has 0 radical (unpaired) electrons. The highest BCUT2D eigenvalue weighted by Crippen LogP contribution is 2.10. The fourth-order valence-corrected chi connectivity index (χ4v) is 1.65. The summed E-state index contributed by atoms with van der Waals surface area (Å²) in [6, 6.07) is 10.1. The van der Waals surface area contributed by atoms with E-state index >= 15 is 0 Å². The molecule has 0 saturated carbocycles. The van der Waals surface area contributed by atoms with Crippen molar-refractivity contribution in [1.82, 2.24) is 0 Å². The lowest BCUT2D eigenvalue weighted by atomic mass is 9.96. The van der Waals surface area contributed by atoms with Crippen LogP contribution in [0.3, 0.4) is 0 Å². The smallest absolute Gasteiger partial charge is 0.223 e. The van der Waals surface area contributed by atoms with Crippen LogP contribution in [0.2, 0.25) is 0 Å². The fourth-order valence-electron chi connectivity index (χ4n) is 1.65. The number of amides is 1. The first-order valence-electron chi connectivity index (χ1n) is 6.02. The molecule has 2 N–H and O–H groups in total. The highest BCUT2D eigenvalue weighted by molar-refractivity contribution is 5.77. The SMILES string of the molecule is CC(C)C(COCCc1ccccc1)C(N)=O. The van der Waals surface area contributed by atoms with Crippen LogP contribution in [0.25, 0.3) is 0 Å². The Hall–Kier alpha value is -1.35. The van der Waals surface area contributed by atoms with Crippen molar-refractivity contribution >= 4 is 5.91 Å². The van der Waals surface area contributed by atoms with Gasteiger partial charge in [0.15, 0.2) is 0 Å². The number of ether oxygens (including phenoxy) is 1. The molecular weight excluding hydrogens is 214 g/mol. The third-order valence-corrected chi connectivity index (χ3v) is 2.85. The van der Waals surface area contributed by atoms with Gasteiger partial charge < -0.3 is 10.5 Å². The number of nitrogens with two attached hydrogens (primary N) is 1. The molecule has 17 heavy (non-hydrogen) atoms. The molecule has 1 rings (SSSR count). The van der Waals surface area contributed by atoms with E-state index in [2.05, 4.69) is 12.1 Å². The largest absolute Gasteiger partial charge is 0.380 e. The molecule has 0 bridgehead atoms. The molecular formula is C14H21NO2. The summed E-state index contributed by atoms with van der Waals surface area (Å²) in [5.41, 5.74) is 6.56. The molecule has 0 saturated heterocycles. The Labute approximate surface area is 103 Å². The highest BCUT2D eigenvalue weighted by atomic mass is 16.5. The molecule has 94 valence electrons. The van der Waals surface area contributed by atoms with Crippen molar-refractivity contribution < 1.29 is 9.53 Å². The minimum Gasteiger partial charge on any atom is -0.380 e. The van der Waals surface area contributed by atoms with Gasteiger partial charge >= 0.3 is 0 Å². The van der Waals surface area contributed by atoms with Crippen molar-refractivity contribution in [2.75, 3.05) is 13.2 Å². The maximum Gasteiger partial charge on any atom is 0.223 e. The topological polar surface area (TPSA) is 52.3 Å². The van der Waals surface area contributed by atoms with Crippen molar-refractivity contribution in [3.05, 3.63) is 35.9 Å². The second-order valence-electron chi connectivity index (χ2n) is 4.56. The number of carbonyl (C=O) groups is 1. The zero-order valence-corrected chi connectivity index (χ0v) is 10.6. The van der Waals surface area contributed by atoms with Crippen molar-refractivity contribution in [2.24, 2.45) is 17.6 Å². The number of benzene rings is 1. The molecule has 1 atom stereocenters. The van der Waals surface area contributed by atoms with Crippen LogP contribution in [0.5, 0.6) is 0 Å². The van der Waals surface area contributed by atoms with Gasteiger partial charge in [0.2, 0.25) is 5.91 Å². The lowest BCUT2D eigenvalue weighted by Gasteiger charge is -2.17. The van der Waals surface area contributed by atoms with E-state index in [1.165, 1.54) is 5.56 Å². The second-order valence-corrected chi connectivity index (χ2v) is 4.56. The van der Waals surface area contributed by atoms with E-state index in [0.717, 1.165) is 6.42 Å². The Morgan fingerprint density at radius 1 is 1.29 bits per heavy atom. The molecule has 1 aromatic carbocycles. The van der Waals surface area contributed by atoms with Crippen LogP contribution in [0, 0.1) is 11.8 Å². The molecule has 1 amide bonds. The first-order chi connectivity index (χ1) is 8.11. The third kappa shape index (κ3) is 5.00. The van der Waals surface area contributed by atoms with Gasteiger partial charge in [-0.25, -0.2) is 0 Å². The molecule has 0 aliphatic carbocycles. The van der Waals surface area contributed by atoms with E-state index in [1.54, 1.807) is 0 Å². The van der Waals surface area contributed by atoms with Crippen LogP contribution in [-0.4, -0.2) is 19.1 Å². The highest BCUT2D eigenvalue weighted by Gasteiger charge is 2.19. The average Bonchev–Trinajstić information content (AvgIpc) is 2.29. The van der Waals surface area contributed by atoms with E-state index in [9.17, 15) is 4.79 Å². The second kappa shape index (κ2) is 7.07. The molecule has 0 fully saturated rings. The third-order valence-electron chi connectivity index (χ3n) is 2.85. The monoisotopic (exact) mass is 235 g/mol. The summed E-state index contributed by atoms with van der Waals surface area (Å²) in [7, 11) is 0. The Kier molecular flexibility index (Phi) is 5.70. The summed E-state index contributed by atoms with van der Waals surface area (Å²) in [6.07, 6.45) is 0.865. The zero-order valence-electron chi connectivity index (χ0n) is 10.6. The predicted octanol–water partition coefficient (Wildman–Crippen LogP) is 2.00. The van der Waals surface area contributed by atoms with E-state index in [4.69, 9.17) is 10.5 Å². The predicted molar refractivity (Wildman–Crippen MR) is 68.5 cm³/mol. The van der Waals surface area contributed by atoms with Crippen LogP contribution in [-0.2, 0) is 16.0 Å². The maximum absolute atomic E-state index is 11.1. The van der Waals surface area contributed by atoms with Crippen molar-refractivity contribution in [1.29, 1.82) is 0 Å². The fraction of sp³-hybridized carbons (Fsp3) is 0.500. The summed E-state index contributed by atoms with van der Waals surface area (Å²) < 4.78 is 5.52. The number of carbonyl (C=O) groups excluding carboxylic acids is 1. The first kappa shape index (κ1) is 13.7. The first-order valence-corrected chi connectivity index (χ1v) is 6.02. The average molecular weight is 235 g/mol. The van der Waals surface area contributed by atoms with Gasteiger partial charge in [0.1, 0.15) is 0 Å². The summed E-state index contributed by atoms with van der Waals surface area (Å²) >= 11 is 0. The normalized spacial score (nSPS) is 12.6. The van der Waals surface area contributed by atoms with E-state index < -0.39 is 0 Å². The van der Waals surface area contributed by atoms with Gasteiger partial charge in [-0.05, 0) is 17.9 Å². The van der Waals surface area contributed by atoms with Crippen LogP contribution >= 0.6 is 0 Å². The molecule has 0 aliphatic rings. The van der Waals surface area contributed by atoms with Crippen molar-refractivity contribution in [3.63, 3.8) is 0 Å². The van der Waals surface area contributed by atoms with E-state index in [0.29, 0.717) is 13.2 Å². The summed E-state index contributed by atoms with van der Waals surface area (Å²) in [5, 5.41) is 0. The Balaban J connectivity index is 2.26. The molecule has 0 spiro atoms. The van der Waals surface area contributed by atoms with Crippen molar-refractivity contribution in [3.8, 4) is 0 Å². The molecule has 0 aliphatic heterocycles. The van der Waals surface area contributed by atoms with Gasteiger partial charge in [0, 0.05) is 0 Å². The van der Waals surface area contributed by atoms with Crippen LogP contribution in [0.4, 0.5) is 0 Å². The minimum absolute atomic E-state index is 0.189. The minimum atomic E-state index is -0.278. The van der Waals surface area contributed by atoms with Crippen molar-refractivity contribution in [2.45, 2.75) is 20.3 Å². The molecule has 1 unspecified atom stereocenters. The van der Waals surface area contributed by atoms with Gasteiger partial charge in [-0.1, -0.05) is 44.2 Å². The molecule has 1 aromatic rings. The molecule has 0 aromatic heterocycles. The lowest BCUT2D eigenvalue weighted by molar-refractivity contribution is -0.125. The summed E-state index contributed by atoms with van der Waals surface area (Å²) in [5.74, 6) is -0.241. The molecule has 3 nitrogen and oxygen atoms in total. The zero-order chi connectivity index (χ0) is 12.7. The number of rotatable bonds is 7. The van der Waals surface area contributed by atoms with Gasteiger partial charge in [0.25, 0.3) is 0 Å². The molecule has 0 heterocycles. The van der Waals surface area contributed by atoms with Crippen LogP contribution in [0.1, 0.15) is 19.4 Å². The number of hydrogen-bond acceptors (Lipinski definition) is 2. The van der Waals surface area contributed by atoms with E-state index in [-0.39, 0.29) is 17.7 Å². The maximum atomic E-state index is 11.1. The Morgan fingerprint density at radius 3 is 2.47 bits per heavy atom. The number of primary amides is 1. The van der Waals surface area contributed by atoms with Gasteiger partial charge in [-0.2, -0.15) is 0 Å². The van der Waals surface area contributed by atoms with Crippen LogP contribution in [0.15, 0.2) is 30.3 Å². The standard InChI is InChI=1S/C14H21NO2/c1-11(2)13(14(15)16)10-17-9-8-12-6-4-3-5-7-12/h3-7,11,13H,8-10H2,1-2H3,(H2,15,16). The van der Waals surface area contributed by atoms with Gasteiger partial charge in [-0.3, -0.25) is 4.79 Å².